The Hall–Kier alpha value is -4.51. The van der Waals surface area contributed by atoms with Crippen LogP contribution in [0.3, 0.4) is 0 Å². The lowest BCUT2D eigenvalue weighted by Gasteiger charge is -2.10. The third-order valence-corrected chi connectivity index (χ3v) is 4.97. The summed E-state index contributed by atoms with van der Waals surface area (Å²) in [6.45, 7) is 2.74. The van der Waals surface area contributed by atoms with E-state index in [0.29, 0.717) is 35.9 Å². The van der Waals surface area contributed by atoms with Gasteiger partial charge in [-0.05, 0) is 60.5 Å². The smallest absolute Gasteiger partial charge is 0.251 e. The maximum Gasteiger partial charge on any atom is 0.251 e. The van der Waals surface area contributed by atoms with E-state index in [0.717, 1.165) is 22.4 Å². The van der Waals surface area contributed by atoms with Gasteiger partial charge in [0.05, 0.1) is 18.2 Å². The third-order valence-electron chi connectivity index (χ3n) is 4.97. The summed E-state index contributed by atoms with van der Waals surface area (Å²) in [7, 11) is 0. The topological polar surface area (TPSA) is 119 Å². The van der Waals surface area contributed by atoms with Crippen LogP contribution in [-0.2, 0) is 13.1 Å². The maximum absolute atomic E-state index is 12.6. The SMILES string of the molecule is Cc1ccc(C#N)cc1CNC(=O)c1cccc(NCc2nc(-c3ccncc3)n[nH]2)c1. The molecule has 3 N–H and O–H groups in total. The quantitative estimate of drug-likeness (QED) is 0.418. The van der Waals surface area contributed by atoms with Crippen molar-refractivity contribution in [3.05, 3.63) is 95.1 Å². The number of hydrogen-bond donors (Lipinski definition) is 3. The second-order valence-electron chi connectivity index (χ2n) is 7.21. The highest BCUT2D eigenvalue weighted by Gasteiger charge is 2.09. The number of nitrogens with one attached hydrogen (secondary N) is 3. The van der Waals surface area contributed by atoms with Gasteiger partial charge in [0.1, 0.15) is 5.82 Å². The maximum atomic E-state index is 12.6. The van der Waals surface area contributed by atoms with Crippen LogP contribution in [0.25, 0.3) is 11.4 Å². The summed E-state index contributed by atoms with van der Waals surface area (Å²) >= 11 is 0. The van der Waals surface area contributed by atoms with E-state index in [9.17, 15) is 4.79 Å². The molecule has 0 bridgehead atoms. The second-order valence-corrected chi connectivity index (χ2v) is 7.21. The number of nitrogens with zero attached hydrogens (tertiary/aromatic N) is 4. The van der Waals surface area contributed by atoms with Gasteiger partial charge in [0, 0.05) is 35.8 Å². The number of aryl methyl sites for hydroxylation is 1. The number of carbonyl (C=O) groups is 1. The summed E-state index contributed by atoms with van der Waals surface area (Å²) in [5.41, 5.74) is 4.74. The number of H-pyrrole nitrogens is 1. The molecule has 0 aliphatic heterocycles. The Labute approximate surface area is 185 Å². The number of anilines is 1. The summed E-state index contributed by atoms with van der Waals surface area (Å²) < 4.78 is 0. The average molecular weight is 423 g/mol. The van der Waals surface area contributed by atoms with Crippen molar-refractivity contribution in [1.29, 1.82) is 5.26 Å². The molecule has 158 valence electrons. The van der Waals surface area contributed by atoms with Crippen molar-refractivity contribution in [2.24, 2.45) is 0 Å². The zero-order valence-corrected chi connectivity index (χ0v) is 17.5. The van der Waals surface area contributed by atoms with Crippen molar-refractivity contribution in [2.75, 3.05) is 5.32 Å². The zero-order chi connectivity index (χ0) is 22.3. The van der Waals surface area contributed by atoms with Crippen LogP contribution < -0.4 is 10.6 Å². The van der Waals surface area contributed by atoms with Crippen molar-refractivity contribution in [1.82, 2.24) is 25.5 Å². The van der Waals surface area contributed by atoms with Gasteiger partial charge in [-0.3, -0.25) is 14.9 Å². The normalized spacial score (nSPS) is 10.4. The fourth-order valence-corrected chi connectivity index (χ4v) is 3.17. The number of pyridine rings is 1. The fourth-order valence-electron chi connectivity index (χ4n) is 3.17. The number of carbonyl (C=O) groups excluding carboxylic acids is 1. The lowest BCUT2D eigenvalue weighted by atomic mass is 10.1. The molecule has 2 aromatic carbocycles. The standard InChI is InChI=1S/C24H21N7O/c1-16-5-6-17(13-25)11-20(16)14-28-24(32)19-3-2-4-21(12-19)27-15-22-29-23(31-30-22)18-7-9-26-10-8-18/h2-12,27H,14-15H2,1H3,(H,28,32)(H,29,30,31). The van der Waals surface area contributed by atoms with Crippen LogP contribution in [0.1, 0.15) is 32.9 Å². The molecule has 4 aromatic rings. The van der Waals surface area contributed by atoms with Gasteiger partial charge in [0.2, 0.25) is 0 Å². The van der Waals surface area contributed by atoms with Crippen molar-refractivity contribution in [2.45, 2.75) is 20.0 Å². The largest absolute Gasteiger partial charge is 0.378 e. The van der Waals surface area contributed by atoms with E-state index in [1.807, 2.05) is 37.3 Å². The highest BCUT2D eigenvalue weighted by molar-refractivity contribution is 5.95. The van der Waals surface area contributed by atoms with E-state index >= 15 is 0 Å². The Morgan fingerprint density at radius 3 is 2.75 bits per heavy atom. The summed E-state index contributed by atoms with van der Waals surface area (Å²) in [4.78, 5) is 21.1. The molecule has 0 radical (unpaired) electrons. The average Bonchev–Trinajstić information content (AvgIpc) is 3.32. The number of amides is 1. The van der Waals surface area contributed by atoms with Crippen molar-refractivity contribution in [3.63, 3.8) is 0 Å². The molecule has 8 heteroatoms. The monoisotopic (exact) mass is 423 g/mol. The minimum atomic E-state index is -0.185. The van der Waals surface area contributed by atoms with Crippen molar-refractivity contribution >= 4 is 11.6 Å². The van der Waals surface area contributed by atoms with E-state index < -0.39 is 0 Å². The number of nitriles is 1. The molecule has 2 heterocycles. The van der Waals surface area contributed by atoms with Gasteiger partial charge in [0.15, 0.2) is 5.82 Å². The minimum Gasteiger partial charge on any atom is -0.378 e. The van der Waals surface area contributed by atoms with Gasteiger partial charge in [-0.15, -0.1) is 0 Å². The molecule has 0 aliphatic carbocycles. The Kier molecular flexibility index (Phi) is 6.18. The van der Waals surface area contributed by atoms with Crippen LogP contribution in [0, 0.1) is 18.3 Å². The van der Waals surface area contributed by atoms with Gasteiger partial charge < -0.3 is 10.6 Å². The molecule has 0 saturated heterocycles. The first kappa shape index (κ1) is 20.8. The molecule has 0 unspecified atom stereocenters. The molecule has 4 rings (SSSR count). The van der Waals surface area contributed by atoms with Crippen LogP contribution in [0.5, 0.6) is 0 Å². The number of rotatable bonds is 7. The minimum absolute atomic E-state index is 0.185. The highest BCUT2D eigenvalue weighted by Crippen LogP contribution is 2.15. The molecule has 0 saturated carbocycles. The zero-order valence-electron chi connectivity index (χ0n) is 17.5. The van der Waals surface area contributed by atoms with Crippen LogP contribution in [0.4, 0.5) is 5.69 Å². The van der Waals surface area contributed by atoms with Crippen molar-refractivity contribution in [3.8, 4) is 17.5 Å². The van der Waals surface area contributed by atoms with Gasteiger partial charge in [0.25, 0.3) is 5.91 Å². The molecule has 0 atom stereocenters. The summed E-state index contributed by atoms with van der Waals surface area (Å²) in [6, 6.07) is 18.5. The first-order valence-corrected chi connectivity index (χ1v) is 10.1. The first-order chi connectivity index (χ1) is 15.6. The number of aromatic amines is 1. The molecular formula is C24H21N7O. The molecule has 8 nitrogen and oxygen atoms in total. The lowest BCUT2D eigenvalue weighted by molar-refractivity contribution is 0.0951. The van der Waals surface area contributed by atoms with E-state index in [1.165, 1.54) is 0 Å². The van der Waals surface area contributed by atoms with Crippen molar-refractivity contribution < 1.29 is 4.79 Å². The van der Waals surface area contributed by atoms with E-state index in [2.05, 4.69) is 36.9 Å². The second kappa shape index (κ2) is 9.53. The van der Waals surface area contributed by atoms with Crippen LogP contribution in [-0.4, -0.2) is 26.1 Å². The van der Waals surface area contributed by atoms with Gasteiger partial charge in [-0.1, -0.05) is 12.1 Å². The predicted octanol–water partition coefficient (Wildman–Crippen LogP) is 3.59. The molecule has 2 aromatic heterocycles. The van der Waals surface area contributed by atoms with E-state index in [4.69, 9.17) is 5.26 Å². The van der Waals surface area contributed by atoms with Gasteiger partial charge in [-0.2, -0.15) is 10.4 Å². The van der Waals surface area contributed by atoms with E-state index in [-0.39, 0.29) is 5.91 Å². The van der Waals surface area contributed by atoms with Crippen LogP contribution in [0.15, 0.2) is 67.0 Å². The fraction of sp³-hybridized carbons (Fsp3) is 0.125. The first-order valence-electron chi connectivity index (χ1n) is 10.1. The predicted molar refractivity (Wildman–Crippen MR) is 120 cm³/mol. The van der Waals surface area contributed by atoms with E-state index in [1.54, 1.807) is 36.7 Å². The van der Waals surface area contributed by atoms with Gasteiger partial charge >= 0.3 is 0 Å². The molecular weight excluding hydrogens is 402 g/mol. The van der Waals surface area contributed by atoms with Gasteiger partial charge in [-0.25, -0.2) is 4.98 Å². The molecule has 32 heavy (non-hydrogen) atoms. The lowest BCUT2D eigenvalue weighted by Crippen LogP contribution is -2.23. The van der Waals surface area contributed by atoms with Crippen LogP contribution in [0.2, 0.25) is 0 Å². The Bertz CT molecular complexity index is 1280. The Balaban J connectivity index is 1.37. The summed E-state index contributed by atoms with van der Waals surface area (Å²) in [5, 5.41) is 22.4. The Morgan fingerprint density at radius 2 is 1.94 bits per heavy atom. The molecule has 0 spiro atoms. The Morgan fingerprint density at radius 1 is 1.09 bits per heavy atom. The summed E-state index contributed by atoms with van der Waals surface area (Å²) in [6.07, 6.45) is 3.39. The van der Waals surface area contributed by atoms with Crippen LogP contribution >= 0.6 is 0 Å². The number of aromatic nitrogens is 4. The molecule has 1 amide bonds. The third kappa shape index (κ3) is 4.96. The molecule has 0 aliphatic rings. The summed E-state index contributed by atoms with van der Waals surface area (Å²) in [5.74, 6) is 1.10. The highest BCUT2D eigenvalue weighted by atomic mass is 16.1. The number of hydrogen-bond acceptors (Lipinski definition) is 6. The molecule has 0 fully saturated rings. The number of benzene rings is 2.